The van der Waals surface area contributed by atoms with Crippen molar-refractivity contribution in [1.29, 1.82) is 0 Å². The summed E-state index contributed by atoms with van der Waals surface area (Å²) in [6.45, 7) is 2.71. The van der Waals surface area contributed by atoms with Crippen LogP contribution in [0.15, 0.2) is 42.5 Å². The number of para-hydroxylation sites is 1. The van der Waals surface area contributed by atoms with Crippen molar-refractivity contribution in [3.8, 4) is 0 Å². The number of hydrogen-bond acceptors (Lipinski definition) is 3. The molecule has 0 unspecified atom stereocenters. The van der Waals surface area contributed by atoms with Gasteiger partial charge >= 0.3 is 0 Å². The van der Waals surface area contributed by atoms with E-state index < -0.39 is 4.92 Å². The minimum Gasteiger partial charge on any atom is -0.338 e. The van der Waals surface area contributed by atoms with Crippen LogP contribution in [0.1, 0.15) is 18.1 Å². The molecule has 0 aliphatic carbocycles. The fourth-order valence-corrected chi connectivity index (χ4v) is 2.67. The number of nitro benzene ring substituents is 1. The zero-order valence-corrected chi connectivity index (χ0v) is 14.5. The van der Waals surface area contributed by atoms with Gasteiger partial charge in [-0.3, -0.25) is 14.9 Å². The van der Waals surface area contributed by atoms with E-state index in [1.54, 1.807) is 41.3 Å². The molecule has 0 N–H and O–H groups in total. The fourth-order valence-electron chi connectivity index (χ4n) is 2.35. The van der Waals surface area contributed by atoms with Gasteiger partial charge < -0.3 is 4.90 Å². The van der Waals surface area contributed by atoms with E-state index in [2.05, 4.69) is 0 Å². The van der Waals surface area contributed by atoms with Crippen molar-refractivity contribution in [3.63, 3.8) is 0 Å². The first-order chi connectivity index (χ1) is 11.4. The number of amides is 1. The summed E-state index contributed by atoms with van der Waals surface area (Å²) in [5, 5.41) is 11.9. The molecule has 7 heteroatoms. The SMILES string of the molecule is CCN(Cc1ccc(Cl)c(Cl)c1)C(=O)Cc1ccccc1[N+](=O)[O-]. The van der Waals surface area contributed by atoms with Gasteiger partial charge in [0.2, 0.25) is 5.91 Å². The molecule has 0 aromatic heterocycles. The van der Waals surface area contributed by atoms with Crippen molar-refractivity contribution in [1.82, 2.24) is 4.90 Å². The van der Waals surface area contributed by atoms with Crippen molar-refractivity contribution in [2.75, 3.05) is 6.54 Å². The Morgan fingerprint density at radius 1 is 1.17 bits per heavy atom. The number of carbonyl (C=O) groups excluding carboxylic acids is 1. The van der Waals surface area contributed by atoms with Crippen molar-refractivity contribution in [2.45, 2.75) is 19.9 Å². The highest BCUT2D eigenvalue weighted by molar-refractivity contribution is 6.42. The Bertz CT molecular complexity index is 765. The second-order valence-electron chi connectivity index (χ2n) is 5.22. The van der Waals surface area contributed by atoms with E-state index in [0.29, 0.717) is 28.7 Å². The first-order valence-corrected chi connectivity index (χ1v) is 8.12. The van der Waals surface area contributed by atoms with Gasteiger partial charge in [-0.15, -0.1) is 0 Å². The molecular weight excluding hydrogens is 351 g/mol. The van der Waals surface area contributed by atoms with Crippen LogP contribution in [0.5, 0.6) is 0 Å². The molecule has 0 spiro atoms. The Labute approximate surface area is 149 Å². The van der Waals surface area contributed by atoms with Crippen LogP contribution >= 0.6 is 23.2 Å². The van der Waals surface area contributed by atoms with Gasteiger partial charge in [-0.2, -0.15) is 0 Å². The summed E-state index contributed by atoms with van der Waals surface area (Å²) in [5.74, 6) is -0.183. The number of likely N-dealkylation sites (N-methyl/N-ethyl adjacent to an activating group) is 1. The molecule has 0 aliphatic rings. The number of nitro groups is 1. The van der Waals surface area contributed by atoms with E-state index in [9.17, 15) is 14.9 Å². The Morgan fingerprint density at radius 2 is 1.88 bits per heavy atom. The lowest BCUT2D eigenvalue weighted by Crippen LogP contribution is -2.31. The van der Waals surface area contributed by atoms with Gasteiger partial charge in [0, 0.05) is 24.7 Å². The van der Waals surface area contributed by atoms with Gasteiger partial charge in [-0.1, -0.05) is 47.5 Å². The summed E-state index contributed by atoms with van der Waals surface area (Å²) >= 11 is 11.9. The molecule has 0 atom stereocenters. The summed E-state index contributed by atoms with van der Waals surface area (Å²) in [4.78, 5) is 24.7. The highest BCUT2D eigenvalue weighted by Gasteiger charge is 2.19. The van der Waals surface area contributed by atoms with Crippen LogP contribution in [0.2, 0.25) is 10.0 Å². The van der Waals surface area contributed by atoms with Gasteiger partial charge in [0.15, 0.2) is 0 Å². The molecule has 5 nitrogen and oxygen atoms in total. The maximum atomic E-state index is 12.5. The second-order valence-corrected chi connectivity index (χ2v) is 6.03. The molecule has 2 rings (SSSR count). The van der Waals surface area contributed by atoms with Crippen LogP contribution in [0.25, 0.3) is 0 Å². The molecule has 0 saturated heterocycles. The smallest absolute Gasteiger partial charge is 0.273 e. The maximum absolute atomic E-state index is 12.5. The minimum absolute atomic E-state index is 0.0215. The van der Waals surface area contributed by atoms with Crippen molar-refractivity contribution in [2.24, 2.45) is 0 Å². The molecule has 0 heterocycles. The molecule has 2 aromatic carbocycles. The minimum atomic E-state index is -0.474. The van der Waals surface area contributed by atoms with E-state index in [1.807, 2.05) is 6.92 Å². The van der Waals surface area contributed by atoms with Crippen LogP contribution < -0.4 is 0 Å². The van der Waals surface area contributed by atoms with Crippen LogP contribution in [-0.4, -0.2) is 22.3 Å². The summed E-state index contributed by atoms with van der Waals surface area (Å²) in [7, 11) is 0. The Morgan fingerprint density at radius 3 is 2.50 bits per heavy atom. The van der Waals surface area contributed by atoms with Gasteiger partial charge in [0.25, 0.3) is 5.69 Å². The Kier molecular flexibility index (Phi) is 6.17. The lowest BCUT2D eigenvalue weighted by molar-refractivity contribution is -0.385. The number of benzene rings is 2. The summed E-state index contributed by atoms with van der Waals surface area (Å²) in [6.07, 6.45) is -0.0215. The average Bonchev–Trinajstić information content (AvgIpc) is 2.56. The third-order valence-corrected chi connectivity index (χ3v) is 4.36. The van der Waals surface area contributed by atoms with Crippen LogP contribution in [0.3, 0.4) is 0 Å². The summed E-state index contributed by atoms with van der Waals surface area (Å²) in [5.41, 5.74) is 1.21. The zero-order chi connectivity index (χ0) is 17.7. The maximum Gasteiger partial charge on any atom is 0.273 e. The third kappa shape index (κ3) is 4.46. The molecule has 126 valence electrons. The fraction of sp³-hybridized carbons (Fsp3) is 0.235. The molecule has 0 fully saturated rings. The number of hydrogen-bond donors (Lipinski definition) is 0. The van der Waals surface area contributed by atoms with Gasteiger partial charge in [-0.05, 0) is 24.6 Å². The van der Waals surface area contributed by atoms with Crippen molar-refractivity contribution < 1.29 is 9.72 Å². The van der Waals surface area contributed by atoms with Crippen LogP contribution in [0.4, 0.5) is 5.69 Å². The highest BCUT2D eigenvalue weighted by atomic mass is 35.5. The molecule has 0 radical (unpaired) electrons. The zero-order valence-electron chi connectivity index (χ0n) is 13.0. The van der Waals surface area contributed by atoms with E-state index in [1.165, 1.54) is 6.07 Å². The largest absolute Gasteiger partial charge is 0.338 e. The number of nitrogens with zero attached hydrogens (tertiary/aromatic N) is 2. The van der Waals surface area contributed by atoms with Gasteiger partial charge in [0.05, 0.1) is 21.4 Å². The molecule has 1 amide bonds. The Balaban J connectivity index is 2.14. The quantitative estimate of drug-likeness (QED) is 0.558. The molecular formula is C17H16Cl2N2O3. The summed E-state index contributed by atoms with van der Waals surface area (Å²) < 4.78 is 0. The van der Waals surface area contributed by atoms with Crippen LogP contribution in [-0.2, 0) is 17.8 Å². The lowest BCUT2D eigenvalue weighted by atomic mass is 10.1. The van der Waals surface area contributed by atoms with Crippen LogP contribution in [0, 0.1) is 10.1 Å². The monoisotopic (exact) mass is 366 g/mol. The van der Waals surface area contributed by atoms with Gasteiger partial charge in [0.1, 0.15) is 0 Å². The second kappa shape index (κ2) is 8.13. The average molecular weight is 367 g/mol. The Hall–Kier alpha value is -2.11. The van der Waals surface area contributed by atoms with Crippen molar-refractivity contribution in [3.05, 3.63) is 73.8 Å². The predicted octanol–water partition coefficient (Wildman–Crippen LogP) is 4.49. The number of rotatable bonds is 6. The van der Waals surface area contributed by atoms with E-state index in [-0.39, 0.29) is 18.0 Å². The van der Waals surface area contributed by atoms with Crippen molar-refractivity contribution >= 4 is 34.8 Å². The standard InChI is InChI=1S/C17H16Cl2N2O3/c1-2-20(11-12-7-8-14(18)15(19)9-12)17(22)10-13-5-3-4-6-16(13)21(23)24/h3-9H,2,10-11H2,1H3. The topological polar surface area (TPSA) is 63.5 Å². The molecule has 0 aliphatic heterocycles. The predicted molar refractivity (Wildman–Crippen MR) is 94.4 cm³/mol. The van der Waals surface area contributed by atoms with E-state index in [4.69, 9.17) is 23.2 Å². The molecule has 2 aromatic rings. The third-order valence-electron chi connectivity index (χ3n) is 3.62. The first kappa shape index (κ1) is 18.2. The molecule has 24 heavy (non-hydrogen) atoms. The summed E-state index contributed by atoms with van der Waals surface area (Å²) in [6, 6.07) is 11.5. The normalized spacial score (nSPS) is 10.5. The van der Waals surface area contributed by atoms with E-state index in [0.717, 1.165) is 5.56 Å². The van der Waals surface area contributed by atoms with Gasteiger partial charge in [-0.25, -0.2) is 0 Å². The number of carbonyl (C=O) groups is 1. The molecule has 0 bridgehead atoms. The number of halogens is 2. The lowest BCUT2D eigenvalue weighted by Gasteiger charge is -2.21. The highest BCUT2D eigenvalue weighted by Crippen LogP contribution is 2.24. The first-order valence-electron chi connectivity index (χ1n) is 7.36. The molecule has 0 saturated carbocycles. The van der Waals surface area contributed by atoms with E-state index >= 15 is 0 Å².